The van der Waals surface area contributed by atoms with Gasteiger partial charge < -0.3 is 24.8 Å². The van der Waals surface area contributed by atoms with Gasteiger partial charge in [-0.25, -0.2) is 0 Å². The van der Waals surface area contributed by atoms with Crippen molar-refractivity contribution >= 4 is 34.1 Å². The molecule has 0 unspecified atom stereocenters. The highest BCUT2D eigenvalue weighted by Gasteiger charge is 2.09. The number of hydrogen-bond donors (Lipinski definition) is 2. The van der Waals surface area contributed by atoms with Gasteiger partial charge in [0.05, 0.1) is 26.5 Å². The smallest absolute Gasteiger partial charge is 0.230 e. The van der Waals surface area contributed by atoms with Crippen molar-refractivity contribution in [1.82, 2.24) is 15.5 Å². The first-order valence-electron chi connectivity index (χ1n) is 9.53. The van der Waals surface area contributed by atoms with Gasteiger partial charge in [0, 0.05) is 6.54 Å². The van der Waals surface area contributed by atoms with Crippen molar-refractivity contribution in [3.05, 3.63) is 54.1 Å². The van der Waals surface area contributed by atoms with E-state index in [1.54, 1.807) is 14.2 Å². The van der Waals surface area contributed by atoms with E-state index in [0.717, 1.165) is 15.7 Å². The van der Waals surface area contributed by atoms with E-state index in [4.69, 9.17) is 14.2 Å². The second kappa shape index (κ2) is 12.0. The van der Waals surface area contributed by atoms with Gasteiger partial charge in [0.1, 0.15) is 12.4 Å². The van der Waals surface area contributed by atoms with Crippen LogP contribution in [0.2, 0.25) is 0 Å². The molecule has 0 saturated carbocycles. The van der Waals surface area contributed by atoms with Crippen LogP contribution in [0.3, 0.4) is 0 Å². The summed E-state index contributed by atoms with van der Waals surface area (Å²) in [6, 6.07) is 15.2. The van der Waals surface area contributed by atoms with E-state index in [9.17, 15) is 4.79 Å². The van der Waals surface area contributed by atoms with Gasteiger partial charge in [0.2, 0.25) is 11.0 Å². The predicted molar refractivity (Wildman–Crippen MR) is 122 cm³/mol. The zero-order valence-corrected chi connectivity index (χ0v) is 18.9. The molecule has 0 atom stereocenters. The van der Waals surface area contributed by atoms with E-state index in [1.165, 1.54) is 23.1 Å². The lowest BCUT2D eigenvalue weighted by Crippen LogP contribution is -2.29. The molecule has 2 aromatic carbocycles. The molecule has 0 fully saturated rings. The Morgan fingerprint density at radius 3 is 2.55 bits per heavy atom. The number of nitrogens with zero attached hydrogens (tertiary/aromatic N) is 2. The van der Waals surface area contributed by atoms with Crippen LogP contribution in [0.1, 0.15) is 5.56 Å². The minimum atomic E-state index is -0.0865. The fourth-order valence-corrected chi connectivity index (χ4v) is 4.11. The molecule has 3 aromatic rings. The Bertz CT molecular complexity index is 966. The van der Waals surface area contributed by atoms with E-state index in [-0.39, 0.29) is 11.7 Å². The molecule has 0 radical (unpaired) electrons. The van der Waals surface area contributed by atoms with Crippen LogP contribution in [-0.4, -0.2) is 49.2 Å². The molecule has 10 heteroatoms. The summed E-state index contributed by atoms with van der Waals surface area (Å²) in [5.74, 6) is 2.32. The van der Waals surface area contributed by atoms with Gasteiger partial charge in [-0.2, -0.15) is 0 Å². The molecule has 0 bridgehead atoms. The number of ether oxygens (including phenoxy) is 3. The summed E-state index contributed by atoms with van der Waals surface area (Å²) in [5.41, 5.74) is 1.11. The Balaban J connectivity index is 1.33. The predicted octanol–water partition coefficient (Wildman–Crippen LogP) is 3.45. The number of aromatic nitrogens is 2. The summed E-state index contributed by atoms with van der Waals surface area (Å²) in [4.78, 5) is 12.0. The number of anilines is 1. The van der Waals surface area contributed by atoms with E-state index in [0.29, 0.717) is 36.3 Å². The monoisotopic (exact) mass is 460 g/mol. The first kappa shape index (κ1) is 22.7. The van der Waals surface area contributed by atoms with Gasteiger partial charge in [0.25, 0.3) is 0 Å². The summed E-state index contributed by atoms with van der Waals surface area (Å²) in [7, 11) is 3.23. The number of nitrogens with one attached hydrogen (secondary N) is 2. The van der Waals surface area contributed by atoms with Gasteiger partial charge in [-0.1, -0.05) is 47.4 Å². The first-order valence-corrected chi connectivity index (χ1v) is 11.3. The number of methoxy groups -OCH3 is 2. The highest BCUT2D eigenvalue weighted by atomic mass is 32.2. The van der Waals surface area contributed by atoms with Gasteiger partial charge in [-0.3, -0.25) is 4.79 Å². The maximum atomic E-state index is 12.0. The molecule has 1 amide bonds. The highest BCUT2D eigenvalue weighted by molar-refractivity contribution is 8.01. The van der Waals surface area contributed by atoms with Gasteiger partial charge in [0.15, 0.2) is 15.8 Å². The Morgan fingerprint density at radius 2 is 1.81 bits per heavy atom. The minimum absolute atomic E-state index is 0.0865. The standard InChI is InChI=1S/C21H24N4O4S2/c1-27-16-9-7-15(8-10-16)13-23-20-24-25-21(31-20)30-14-19(26)22-11-12-29-18-6-4-3-5-17(18)28-2/h3-10H,11-14H2,1-2H3,(H,22,26)(H,23,24). The third kappa shape index (κ3) is 7.34. The lowest BCUT2D eigenvalue weighted by atomic mass is 10.2. The van der Waals surface area contributed by atoms with Crippen LogP contribution in [0, 0.1) is 0 Å². The van der Waals surface area contributed by atoms with Crippen molar-refractivity contribution in [3.63, 3.8) is 0 Å². The van der Waals surface area contributed by atoms with Gasteiger partial charge >= 0.3 is 0 Å². The second-order valence-corrected chi connectivity index (χ2v) is 8.41. The molecule has 0 aliphatic rings. The minimum Gasteiger partial charge on any atom is -0.497 e. The average Bonchev–Trinajstić information content (AvgIpc) is 3.27. The third-order valence-corrected chi connectivity index (χ3v) is 6.10. The van der Waals surface area contributed by atoms with Gasteiger partial charge in [-0.05, 0) is 29.8 Å². The van der Waals surface area contributed by atoms with Gasteiger partial charge in [-0.15, -0.1) is 10.2 Å². The normalized spacial score (nSPS) is 10.4. The lowest BCUT2D eigenvalue weighted by Gasteiger charge is -2.10. The fourth-order valence-electron chi connectivity index (χ4n) is 2.53. The largest absolute Gasteiger partial charge is 0.497 e. The zero-order valence-electron chi connectivity index (χ0n) is 17.3. The molecule has 31 heavy (non-hydrogen) atoms. The third-order valence-electron chi connectivity index (χ3n) is 4.09. The Morgan fingerprint density at radius 1 is 1.03 bits per heavy atom. The van der Waals surface area contributed by atoms with Crippen molar-refractivity contribution in [2.24, 2.45) is 0 Å². The molecule has 1 heterocycles. The molecule has 2 N–H and O–H groups in total. The number of carbonyl (C=O) groups is 1. The van der Waals surface area contributed by atoms with E-state index < -0.39 is 0 Å². The molecule has 0 saturated heterocycles. The molecule has 8 nitrogen and oxygen atoms in total. The Labute approximate surface area is 189 Å². The Hall–Kier alpha value is -2.98. The van der Waals surface area contributed by atoms with Crippen LogP contribution in [0.5, 0.6) is 17.2 Å². The molecule has 3 rings (SSSR count). The molecule has 1 aromatic heterocycles. The summed E-state index contributed by atoms with van der Waals surface area (Å²) in [5, 5.41) is 15.0. The van der Waals surface area contributed by atoms with Crippen LogP contribution in [0.15, 0.2) is 52.9 Å². The topological polar surface area (TPSA) is 94.6 Å². The summed E-state index contributed by atoms with van der Waals surface area (Å²) >= 11 is 2.77. The SMILES string of the molecule is COc1ccc(CNc2nnc(SCC(=O)NCCOc3ccccc3OC)s2)cc1. The van der Waals surface area contributed by atoms with Crippen LogP contribution in [0.25, 0.3) is 0 Å². The lowest BCUT2D eigenvalue weighted by molar-refractivity contribution is -0.118. The van der Waals surface area contributed by atoms with Crippen LogP contribution in [-0.2, 0) is 11.3 Å². The van der Waals surface area contributed by atoms with Crippen LogP contribution < -0.4 is 24.8 Å². The van der Waals surface area contributed by atoms with E-state index in [1.807, 2.05) is 48.5 Å². The molecule has 0 spiro atoms. The van der Waals surface area contributed by atoms with Crippen molar-refractivity contribution < 1.29 is 19.0 Å². The quantitative estimate of drug-likeness (QED) is 0.314. The number of amides is 1. The molecule has 0 aliphatic heterocycles. The Kier molecular flexibility index (Phi) is 8.80. The fraction of sp³-hybridized carbons (Fsp3) is 0.286. The summed E-state index contributed by atoms with van der Waals surface area (Å²) in [6.07, 6.45) is 0. The maximum Gasteiger partial charge on any atom is 0.230 e. The average molecular weight is 461 g/mol. The molecule has 0 aliphatic carbocycles. The van der Waals surface area contributed by atoms with Crippen molar-refractivity contribution in [2.45, 2.75) is 10.9 Å². The van der Waals surface area contributed by atoms with E-state index in [2.05, 4.69) is 20.8 Å². The highest BCUT2D eigenvalue weighted by Crippen LogP contribution is 2.26. The molecular weight excluding hydrogens is 436 g/mol. The number of thioether (sulfide) groups is 1. The van der Waals surface area contributed by atoms with Crippen molar-refractivity contribution in [2.75, 3.05) is 38.4 Å². The number of para-hydroxylation sites is 2. The number of benzene rings is 2. The van der Waals surface area contributed by atoms with E-state index >= 15 is 0 Å². The first-order chi connectivity index (χ1) is 15.2. The molecular formula is C21H24N4O4S2. The number of carbonyl (C=O) groups excluding carboxylic acids is 1. The van der Waals surface area contributed by atoms with Crippen LogP contribution in [0.4, 0.5) is 5.13 Å². The number of hydrogen-bond acceptors (Lipinski definition) is 9. The second-order valence-electron chi connectivity index (χ2n) is 6.21. The molecule has 164 valence electrons. The maximum absolute atomic E-state index is 12.0. The van der Waals surface area contributed by atoms with Crippen LogP contribution >= 0.6 is 23.1 Å². The number of rotatable bonds is 12. The summed E-state index contributed by atoms with van der Waals surface area (Å²) in [6.45, 7) is 1.40. The summed E-state index contributed by atoms with van der Waals surface area (Å²) < 4.78 is 16.8. The zero-order chi connectivity index (χ0) is 21.9. The van der Waals surface area contributed by atoms with Crippen molar-refractivity contribution in [1.29, 1.82) is 0 Å². The van der Waals surface area contributed by atoms with Crippen molar-refractivity contribution in [3.8, 4) is 17.2 Å².